The van der Waals surface area contributed by atoms with Crippen LogP contribution in [0.2, 0.25) is 0 Å². The lowest BCUT2D eigenvalue weighted by Crippen LogP contribution is -2.47. The first-order valence-corrected chi connectivity index (χ1v) is 5.95. The van der Waals surface area contributed by atoms with Crippen molar-refractivity contribution >= 4 is 0 Å². The molecule has 1 atom stereocenters. The van der Waals surface area contributed by atoms with E-state index in [1.54, 1.807) is 7.11 Å². The Bertz CT molecular complexity index is 232. The third-order valence-electron chi connectivity index (χ3n) is 3.55. The monoisotopic (exact) mass is 234 g/mol. The number of hydrogen-bond donors (Lipinski definition) is 1. The van der Waals surface area contributed by atoms with Crippen LogP contribution in [0.25, 0.3) is 0 Å². The van der Waals surface area contributed by atoms with E-state index in [2.05, 4.69) is 5.32 Å². The molecule has 1 N–H and O–H groups in total. The Kier molecular flexibility index (Phi) is 3.77. The number of methoxy groups -OCH3 is 1. The van der Waals surface area contributed by atoms with Gasteiger partial charge in [0.15, 0.2) is 0 Å². The first-order chi connectivity index (χ1) is 7.62. The molecule has 2 heterocycles. The lowest BCUT2D eigenvalue weighted by atomic mass is 10.0. The van der Waals surface area contributed by atoms with Gasteiger partial charge in [0, 0.05) is 25.6 Å². The van der Waals surface area contributed by atoms with Gasteiger partial charge in [-0.2, -0.15) is 0 Å². The van der Waals surface area contributed by atoms with Crippen LogP contribution in [0.1, 0.15) is 19.3 Å². The van der Waals surface area contributed by atoms with Gasteiger partial charge in [0.25, 0.3) is 5.92 Å². The molecule has 94 valence electrons. The molecule has 2 saturated heterocycles. The van der Waals surface area contributed by atoms with Crippen molar-refractivity contribution in [3.63, 3.8) is 0 Å². The Labute approximate surface area is 95.1 Å². The smallest absolute Gasteiger partial charge is 0.262 e. The predicted octanol–water partition coefficient (Wildman–Crippen LogP) is 1.09. The van der Waals surface area contributed by atoms with Crippen LogP contribution in [-0.2, 0) is 4.74 Å². The highest BCUT2D eigenvalue weighted by Gasteiger charge is 2.47. The molecule has 3 nitrogen and oxygen atoms in total. The fourth-order valence-corrected chi connectivity index (χ4v) is 2.84. The van der Waals surface area contributed by atoms with Crippen LogP contribution in [0.5, 0.6) is 0 Å². The summed E-state index contributed by atoms with van der Waals surface area (Å²) >= 11 is 0. The Hall–Kier alpha value is -0.260. The zero-order valence-corrected chi connectivity index (χ0v) is 9.72. The maximum absolute atomic E-state index is 13.4. The molecule has 0 bridgehead atoms. The number of halogens is 2. The predicted molar refractivity (Wildman–Crippen MR) is 57.8 cm³/mol. The Morgan fingerprint density at radius 2 is 2.06 bits per heavy atom. The Morgan fingerprint density at radius 1 is 1.38 bits per heavy atom. The van der Waals surface area contributed by atoms with Gasteiger partial charge < -0.3 is 10.1 Å². The van der Waals surface area contributed by atoms with Crippen molar-refractivity contribution in [2.75, 3.05) is 33.4 Å². The summed E-state index contributed by atoms with van der Waals surface area (Å²) in [5.74, 6) is -2.53. The van der Waals surface area contributed by atoms with Crippen LogP contribution in [0.4, 0.5) is 8.78 Å². The lowest BCUT2D eigenvalue weighted by Gasteiger charge is -2.35. The van der Waals surface area contributed by atoms with Crippen LogP contribution in [0.15, 0.2) is 0 Å². The van der Waals surface area contributed by atoms with Crippen molar-refractivity contribution in [2.45, 2.75) is 37.3 Å². The normalized spacial score (nSPS) is 32.1. The van der Waals surface area contributed by atoms with Gasteiger partial charge in [-0.1, -0.05) is 0 Å². The molecule has 16 heavy (non-hydrogen) atoms. The molecule has 0 amide bonds. The van der Waals surface area contributed by atoms with Crippen LogP contribution in [0, 0.1) is 0 Å². The first-order valence-electron chi connectivity index (χ1n) is 5.95. The minimum absolute atomic E-state index is 0.0508. The molecule has 2 aliphatic heterocycles. The van der Waals surface area contributed by atoms with Gasteiger partial charge in [-0.15, -0.1) is 0 Å². The number of ether oxygens (including phenoxy) is 1. The summed E-state index contributed by atoms with van der Waals surface area (Å²) in [6, 6.07) is 0.192. The van der Waals surface area contributed by atoms with E-state index in [1.165, 1.54) is 0 Å². The summed E-state index contributed by atoms with van der Waals surface area (Å²) in [6.07, 6.45) is 1.89. The van der Waals surface area contributed by atoms with E-state index in [9.17, 15) is 8.78 Å². The van der Waals surface area contributed by atoms with Gasteiger partial charge in [0.1, 0.15) is 0 Å². The number of rotatable bonds is 3. The summed E-state index contributed by atoms with van der Waals surface area (Å²) in [5.41, 5.74) is 0. The summed E-state index contributed by atoms with van der Waals surface area (Å²) in [6.45, 7) is 2.20. The average Bonchev–Trinajstić information content (AvgIpc) is 2.56. The third-order valence-corrected chi connectivity index (χ3v) is 3.55. The van der Waals surface area contributed by atoms with Crippen molar-refractivity contribution in [1.29, 1.82) is 0 Å². The zero-order valence-electron chi connectivity index (χ0n) is 9.72. The van der Waals surface area contributed by atoms with Crippen molar-refractivity contribution in [3.05, 3.63) is 0 Å². The summed E-state index contributed by atoms with van der Waals surface area (Å²) in [7, 11) is 1.58. The molecule has 2 rings (SSSR count). The number of nitrogens with zero attached hydrogens (tertiary/aromatic N) is 1. The van der Waals surface area contributed by atoms with Gasteiger partial charge in [0.2, 0.25) is 0 Å². The molecule has 0 radical (unpaired) electrons. The molecule has 5 heteroatoms. The van der Waals surface area contributed by atoms with Gasteiger partial charge in [-0.05, 0) is 25.9 Å². The quantitative estimate of drug-likeness (QED) is 0.791. The third kappa shape index (κ3) is 2.70. The van der Waals surface area contributed by atoms with E-state index >= 15 is 0 Å². The number of hydrogen-bond acceptors (Lipinski definition) is 3. The molecular weight excluding hydrogens is 214 g/mol. The molecule has 2 aliphatic rings. The van der Waals surface area contributed by atoms with Crippen LogP contribution < -0.4 is 5.32 Å². The Morgan fingerprint density at radius 3 is 2.69 bits per heavy atom. The minimum Gasteiger partial charge on any atom is -0.383 e. The van der Waals surface area contributed by atoms with Crippen molar-refractivity contribution in [1.82, 2.24) is 10.2 Å². The van der Waals surface area contributed by atoms with Crippen LogP contribution >= 0.6 is 0 Å². The average molecular weight is 234 g/mol. The summed E-state index contributed by atoms with van der Waals surface area (Å²) < 4.78 is 31.9. The fraction of sp³-hybridized carbons (Fsp3) is 1.00. The van der Waals surface area contributed by atoms with E-state index in [-0.39, 0.29) is 19.0 Å². The summed E-state index contributed by atoms with van der Waals surface area (Å²) in [4.78, 5) is 1.96. The molecule has 0 aliphatic carbocycles. The molecule has 2 fully saturated rings. The second-order valence-corrected chi connectivity index (χ2v) is 4.82. The second-order valence-electron chi connectivity index (χ2n) is 4.82. The SMILES string of the molecule is COC[C@H]1CC(F)(F)CN1C1CCNCC1. The molecule has 0 aromatic rings. The maximum Gasteiger partial charge on any atom is 0.262 e. The van der Waals surface area contributed by atoms with Crippen molar-refractivity contribution in [2.24, 2.45) is 0 Å². The molecular formula is C11H20F2N2O. The number of piperidine rings is 1. The van der Waals surface area contributed by atoms with Gasteiger partial charge in [-0.3, -0.25) is 4.90 Å². The highest BCUT2D eigenvalue weighted by atomic mass is 19.3. The van der Waals surface area contributed by atoms with E-state index in [0.717, 1.165) is 25.9 Å². The summed E-state index contributed by atoms with van der Waals surface area (Å²) in [5, 5.41) is 3.26. The standard InChI is InChI=1S/C11H20F2N2O/c1-16-7-10-6-11(12,13)8-15(10)9-2-4-14-5-3-9/h9-10,14H,2-8H2,1H3/t10-/m1/s1. The minimum atomic E-state index is -2.53. The van der Waals surface area contributed by atoms with Crippen molar-refractivity contribution < 1.29 is 13.5 Å². The largest absolute Gasteiger partial charge is 0.383 e. The highest BCUT2D eigenvalue weighted by Crippen LogP contribution is 2.35. The lowest BCUT2D eigenvalue weighted by molar-refractivity contribution is 0.00587. The second kappa shape index (κ2) is 4.94. The van der Waals surface area contributed by atoms with E-state index in [1.807, 2.05) is 4.90 Å². The van der Waals surface area contributed by atoms with Gasteiger partial charge >= 0.3 is 0 Å². The van der Waals surface area contributed by atoms with Gasteiger partial charge in [0.05, 0.1) is 13.2 Å². The van der Waals surface area contributed by atoms with Gasteiger partial charge in [-0.25, -0.2) is 8.78 Å². The van der Waals surface area contributed by atoms with Crippen LogP contribution in [-0.4, -0.2) is 56.3 Å². The topological polar surface area (TPSA) is 24.5 Å². The zero-order chi connectivity index (χ0) is 11.6. The van der Waals surface area contributed by atoms with E-state index in [0.29, 0.717) is 12.6 Å². The first kappa shape index (κ1) is 12.2. The highest BCUT2D eigenvalue weighted by molar-refractivity contribution is 4.94. The molecule has 0 aromatic heterocycles. The molecule has 0 unspecified atom stereocenters. The van der Waals surface area contributed by atoms with Crippen molar-refractivity contribution in [3.8, 4) is 0 Å². The number of likely N-dealkylation sites (tertiary alicyclic amines) is 1. The Balaban J connectivity index is 1.99. The molecule has 0 aromatic carbocycles. The maximum atomic E-state index is 13.4. The molecule has 0 saturated carbocycles. The van der Waals surface area contributed by atoms with Crippen LogP contribution in [0.3, 0.4) is 0 Å². The number of nitrogens with one attached hydrogen (secondary N) is 1. The van der Waals surface area contributed by atoms with E-state index < -0.39 is 5.92 Å². The number of alkyl halides is 2. The molecule has 0 spiro atoms. The fourth-order valence-electron chi connectivity index (χ4n) is 2.84. The van der Waals surface area contributed by atoms with E-state index in [4.69, 9.17) is 4.74 Å².